The molecule has 32 heavy (non-hydrogen) atoms. The number of thioether (sulfide) groups is 1. The van der Waals surface area contributed by atoms with E-state index in [-0.39, 0.29) is 23.8 Å². The Bertz CT molecular complexity index is 1360. The highest BCUT2D eigenvalue weighted by atomic mass is 32.2. The van der Waals surface area contributed by atoms with E-state index in [1.54, 1.807) is 19.1 Å². The number of allylic oxidation sites excluding steroid dienone is 1. The maximum absolute atomic E-state index is 13.5. The fraction of sp³-hybridized carbons (Fsp3) is 0.125. The summed E-state index contributed by atoms with van der Waals surface area (Å²) in [7, 11) is 0. The second kappa shape index (κ2) is 9.50. The molecule has 162 valence electrons. The first-order chi connectivity index (χ1) is 15.5. The number of hydrogen-bond acceptors (Lipinski definition) is 5. The highest BCUT2D eigenvalue weighted by Crippen LogP contribution is 2.32. The summed E-state index contributed by atoms with van der Waals surface area (Å²) in [5, 5.41) is 5.65. The molecule has 2 aromatic heterocycles. The van der Waals surface area contributed by atoms with E-state index in [4.69, 9.17) is 0 Å². The minimum atomic E-state index is -0.419. The Kier molecular flexibility index (Phi) is 6.53. The normalized spacial score (nSPS) is 10.9. The molecule has 0 atom stereocenters. The average Bonchev–Trinajstić information content (AvgIpc) is 3.22. The second-order valence-corrected chi connectivity index (χ2v) is 8.89. The van der Waals surface area contributed by atoms with Crippen molar-refractivity contribution in [3.63, 3.8) is 0 Å². The van der Waals surface area contributed by atoms with Crippen LogP contribution in [0.25, 0.3) is 21.3 Å². The largest absolute Gasteiger partial charge is 0.325 e. The molecule has 2 aromatic carbocycles. The Morgan fingerprint density at radius 1 is 1.28 bits per heavy atom. The molecular weight excluding hydrogens is 445 g/mol. The average molecular weight is 466 g/mol. The van der Waals surface area contributed by atoms with Gasteiger partial charge in [0, 0.05) is 23.2 Å². The molecule has 4 aromatic rings. The van der Waals surface area contributed by atoms with Crippen molar-refractivity contribution in [2.45, 2.75) is 18.6 Å². The lowest BCUT2D eigenvalue weighted by molar-refractivity contribution is -0.113. The zero-order chi connectivity index (χ0) is 22.7. The lowest BCUT2D eigenvalue weighted by Gasteiger charge is -2.12. The van der Waals surface area contributed by atoms with Gasteiger partial charge in [0.05, 0.1) is 11.1 Å². The van der Waals surface area contributed by atoms with Gasteiger partial charge in [0.15, 0.2) is 5.16 Å². The van der Waals surface area contributed by atoms with Crippen molar-refractivity contribution >= 4 is 44.9 Å². The van der Waals surface area contributed by atoms with E-state index in [1.807, 2.05) is 35.7 Å². The fourth-order valence-corrected chi connectivity index (χ4v) is 5.08. The molecule has 1 amide bonds. The first-order valence-electron chi connectivity index (χ1n) is 9.85. The molecule has 0 aliphatic rings. The lowest BCUT2D eigenvalue weighted by Crippen LogP contribution is -2.23. The molecule has 0 aliphatic carbocycles. The molecule has 5 nitrogen and oxygen atoms in total. The summed E-state index contributed by atoms with van der Waals surface area (Å²) in [6.45, 7) is 5.82. The Labute approximate surface area is 192 Å². The van der Waals surface area contributed by atoms with Gasteiger partial charge in [-0.2, -0.15) is 0 Å². The van der Waals surface area contributed by atoms with Gasteiger partial charge in [-0.1, -0.05) is 54.2 Å². The summed E-state index contributed by atoms with van der Waals surface area (Å²) in [6.07, 6.45) is 1.63. The van der Waals surface area contributed by atoms with Crippen molar-refractivity contribution < 1.29 is 9.18 Å². The maximum Gasteiger partial charge on any atom is 0.263 e. The number of rotatable bonds is 7. The summed E-state index contributed by atoms with van der Waals surface area (Å²) in [5.74, 6) is -0.695. The number of fused-ring (bicyclic) bond motifs is 1. The van der Waals surface area contributed by atoms with Crippen molar-refractivity contribution in [1.29, 1.82) is 0 Å². The number of nitrogens with one attached hydrogen (secondary N) is 1. The van der Waals surface area contributed by atoms with Crippen LogP contribution in [0.15, 0.2) is 76.5 Å². The number of halogens is 1. The quantitative estimate of drug-likeness (QED) is 0.223. The number of nitrogens with zero attached hydrogens (tertiary/aromatic N) is 2. The monoisotopic (exact) mass is 465 g/mol. The van der Waals surface area contributed by atoms with E-state index < -0.39 is 5.82 Å². The van der Waals surface area contributed by atoms with Crippen molar-refractivity contribution in [2.75, 3.05) is 11.1 Å². The van der Waals surface area contributed by atoms with Gasteiger partial charge >= 0.3 is 0 Å². The van der Waals surface area contributed by atoms with Crippen molar-refractivity contribution in [2.24, 2.45) is 0 Å². The summed E-state index contributed by atoms with van der Waals surface area (Å²) in [4.78, 5) is 31.1. The fourth-order valence-electron chi connectivity index (χ4n) is 3.28. The van der Waals surface area contributed by atoms with Crippen molar-refractivity contribution in [3.8, 4) is 11.1 Å². The predicted molar refractivity (Wildman–Crippen MR) is 130 cm³/mol. The van der Waals surface area contributed by atoms with E-state index in [9.17, 15) is 14.0 Å². The van der Waals surface area contributed by atoms with Crippen LogP contribution in [-0.4, -0.2) is 21.2 Å². The van der Waals surface area contributed by atoms with E-state index in [1.165, 1.54) is 28.0 Å². The van der Waals surface area contributed by atoms with Crippen LogP contribution in [-0.2, 0) is 11.3 Å². The van der Waals surface area contributed by atoms with E-state index in [0.29, 0.717) is 21.1 Å². The molecule has 1 N–H and O–H groups in total. The molecule has 4 rings (SSSR count). The zero-order valence-corrected chi connectivity index (χ0v) is 18.9. The topological polar surface area (TPSA) is 64.0 Å². The summed E-state index contributed by atoms with van der Waals surface area (Å²) in [5.41, 5.74) is 2.82. The molecule has 0 aliphatic heterocycles. The van der Waals surface area contributed by atoms with Gasteiger partial charge in [-0.25, -0.2) is 9.37 Å². The van der Waals surface area contributed by atoms with Gasteiger partial charge in [-0.3, -0.25) is 14.2 Å². The number of aryl methyl sites for hydroxylation is 1. The minimum Gasteiger partial charge on any atom is -0.325 e. The Hall–Kier alpha value is -3.23. The number of benzene rings is 2. The van der Waals surface area contributed by atoms with Gasteiger partial charge in [0.2, 0.25) is 5.91 Å². The first kappa shape index (κ1) is 22.0. The molecule has 2 heterocycles. The van der Waals surface area contributed by atoms with Crippen LogP contribution in [0.5, 0.6) is 0 Å². The molecule has 0 bridgehead atoms. The third-order valence-electron chi connectivity index (χ3n) is 4.86. The van der Waals surface area contributed by atoms with Gasteiger partial charge < -0.3 is 5.32 Å². The maximum atomic E-state index is 13.5. The standard InChI is InChI=1S/C24H20FN3O2S2/c1-3-11-28-23(30)21-18(16-7-5-4-6-8-16)13-31-22(21)27-24(28)32-14-20(29)26-19-12-17(25)10-9-15(19)2/h3-10,12-13H,1,11,14H2,2H3,(H,26,29). The lowest BCUT2D eigenvalue weighted by atomic mass is 10.1. The first-order valence-corrected chi connectivity index (χ1v) is 11.7. The molecule has 0 radical (unpaired) electrons. The van der Waals surface area contributed by atoms with Crippen LogP contribution in [0.2, 0.25) is 0 Å². The number of anilines is 1. The molecule has 0 fully saturated rings. The van der Waals surface area contributed by atoms with Gasteiger partial charge in [-0.15, -0.1) is 17.9 Å². The molecular formula is C24H20FN3O2S2. The number of hydrogen-bond donors (Lipinski definition) is 1. The van der Waals surface area contributed by atoms with Gasteiger partial charge in [0.1, 0.15) is 10.6 Å². The SMILES string of the molecule is C=CCn1c(SCC(=O)Nc2cc(F)ccc2C)nc2scc(-c3ccccc3)c2c1=O. The Morgan fingerprint density at radius 2 is 2.06 bits per heavy atom. The van der Waals surface area contributed by atoms with Crippen LogP contribution in [0.1, 0.15) is 5.56 Å². The summed E-state index contributed by atoms with van der Waals surface area (Å²) < 4.78 is 15.0. The number of aromatic nitrogens is 2. The van der Waals surface area contributed by atoms with Gasteiger partial charge in [-0.05, 0) is 30.2 Å². The summed E-state index contributed by atoms with van der Waals surface area (Å²) in [6, 6.07) is 13.9. The molecule has 0 saturated carbocycles. The van der Waals surface area contributed by atoms with Crippen LogP contribution < -0.4 is 10.9 Å². The van der Waals surface area contributed by atoms with Crippen molar-refractivity contribution in [1.82, 2.24) is 9.55 Å². The van der Waals surface area contributed by atoms with Crippen LogP contribution in [0, 0.1) is 12.7 Å². The molecule has 0 unspecified atom stereocenters. The Balaban J connectivity index is 1.63. The minimum absolute atomic E-state index is 0.0297. The predicted octanol–water partition coefficient (Wildman–Crippen LogP) is 5.49. The molecule has 0 spiro atoms. The third kappa shape index (κ3) is 4.51. The highest BCUT2D eigenvalue weighted by molar-refractivity contribution is 7.99. The number of carbonyl (C=O) groups excluding carboxylic acids is 1. The van der Waals surface area contributed by atoms with E-state index >= 15 is 0 Å². The van der Waals surface area contributed by atoms with E-state index in [2.05, 4.69) is 16.9 Å². The highest BCUT2D eigenvalue weighted by Gasteiger charge is 2.18. The van der Waals surface area contributed by atoms with Crippen molar-refractivity contribution in [3.05, 3.63) is 88.3 Å². The second-order valence-electron chi connectivity index (χ2n) is 7.09. The van der Waals surface area contributed by atoms with Crippen LogP contribution >= 0.6 is 23.1 Å². The van der Waals surface area contributed by atoms with E-state index in [0.717, 1.165) is 28.5 Å². The Morgan fingerprint density at radius 3 is 2.81 bits per heavy atom. The molecule has 8 heteroatoms. The van der Waals surface area contributed by atoms with Crippen LogP contribution in [0.3, 0.4) is 0 Å². The molecule has 0 saturated heterocycles. The van der Waals surface area contributed by atoms with Crippen LogP contribution in [0.4, 0.5) is 10.1 Å². The number of amides is 1. The summed E-state index contributed by atoms with van der Waals surface area (Å²) >= 11 is 2.56. The number of carbonyl (C=O) groups is 1. The zero-order valence-electron chi connectivity index (χ0n) is 17.3. The smallest absolute Gasteiger partial charge is 0.263 e. The third-order valence-corrected chi connectivity index (χ3v) is 6.71. The number of thiophene rings is 1. The van der Waals surface area contributed by atoms with Gasteiger partial charge in [0.25, 0.3) is 5.56 Å².